The topological polar surface area (TPSA) is 37.9 Å². The highest BCUT2D eigenvalue weighted by Gasteiger charge is 2.13. The van der Waals surface area contributed by atoms with Crippen LogP contribution >= 0.6 is 0 Å². The fraction of sp³-hybridized carbons (Fsp3) is 0.100. The zero-order valence-electron chi connectivity index (χ0n) is 7.92. The van der Waals surface area contributed by atoms with Crippen LogP contribution in [0.25, 0.3) is 11.4 Å². The SMILES string of the molecule is COc1cnc(-c2c(F)cccc2F)[nH]1. The molecule has 1 aromatic heterocycles. The fourth-order valence-electron chi connectivity index (χ4n) is 1.26. The summed E-state index contributed by atoms with van der Waals surface area (Å²) in [6.45, 7) is 0. The molecule has 0 atom stereocenters. The largest absolute Gasteiger partial charge is 0.481 e. The number of nitrogens with one attached hydrogen (secondary N) is 1. The predicted molar refractivity (Wildman–Crippen MR) is 50.5 cm³/mol. The van der Waals surface area contributed by atoms with Gasteiger partial charge in [0, 0.05) is 0 Å². The molecule has 0 bridgehead atoms. The third-order valence-electron chi connectivity index (χ3n) is 1.97. The standard InChI is InChI=1S/C10H8F2N2O/c1-15-8-5-13-10(14-8)9-6(11)3-2-4-7(9)12/h2-5H,1H3,(H,13,14). The zero-order chi connectivity index (χ0) is 10.8. The number of nitrogens with zero attached hydrogens (tertiary/aromatic N) is 1. The molecule has 3 nitrogen and oxygen atoms in total. The smallest absolute Gasteiger partial charge is 0.211 e. The van der Waals surface area contributed by atoms with Crippen LogP contribution in [-0.4, -0.2) is 17.1 Å². The molecule has 2 aromatic rings. The van der Waals surface area contributed by atoms with Crippen molar-refractivity contribution in [3.63, 3.8) is 0 Å². The van der Waals surface area contributed by atoms with Crippen LogP contribution in [0.2, 0.25) is 0 Å². The maximum Gasteiger partial charge on any atom is 0.211 e. The van der Waals surface area contributed by atoms with Crippen LogP contribution in [0.4, 0.5) is 8.78 Å². The van der Waals surface area contributed by atoms with Crippen molar-refractivity contribution >= 4 is 0 Å². The molecule has 1 heterocycles. The maximum atomic E-state index is 13.3. The van der Waals surface area contributed by atoms with Crippen LogP contribution in [-0.2, 0) is 0 Å². The van der Waals surface area contributed by atoms with Crippen molar-refractivity contribution in [2.24, 2.45) is 0 Å². The molecule has 0 aliphatic rings. The second-order valence-corrected chi connectivity index (χ2v) is 2.90. The highest BCUT2D eigenvalue weighted by Crippen LogP contribution is 2.24. The molecule has 1 aromatic carbocycles. The van der Waals surface area contributed by atoms with Crippen LogP contribution in [0.5, 0.6) is 5.88 Å². The van der Waals surface area contributed by atoms with E-state index in [1.54, 1.807) is 0 Å². The summed E-state index contributed by atoms with van der Waals surface area (Å²) in [6.07, 6.45) is 1.36. The van der Waals surface area contributed by atoms with Gasteiger partial charge in [0.2, 0.25) is 5.88 Å². The van der Waals surface area contributed by atoms with Gasteiger partial charge in [-0.2, -0.15) is 0 Å². The van der Waals surface area contributed by atoms with Crippen LogP contribution < -0.4 is 4.74 Å². The molecule has 78 valence electrons. The summed E-state index contributed by atoms with van der Waals surface area (Å²) in [4.78, 5) is 6.47. The number of halogens is 2. The molecular formula is C10H8F2N2O. The molecule has 0 spiro atoms. The predicted octanol–water partition coefficient (Wildman–Crippen LogP) is 2.36. The highest BCUT2D eigenvalue weighted by molar-refractivity contribution is 5.57. The normalized spacial score (nSPS) is 10.3. The third-order valence-corrected chi connectivity index (χ3v) is 1.97. The van der Waals surface area contributed by atoms with Gasteiger partial charge in [-0.3, -0.25) is 0 Å². The van der Waals surface area contributed by atoms with Gasteiger partial charge in [0.1, 0.15) is 17.5 Å². The second kappa shape index (κ2) is 3.68. The second-order valence-electron chi connectivity index (χ2n) is 2.90. The summed E-state index contributed by atoms with van der Waals surface area (Å²) < 4.78 is 31.5. The Labute approximate surface area is 84.7 Å². The minimum Gasteiger partial charge on any atom is -0.481 e. The average Bonchev–Trinajstić information content (AvgIpc) is 2.66. The van der Waals surface area contributed by atoms with Gasteiger partial charge < -0.3 is 9.72 Å². The van der Waals surface area contributed by atoms with E-state index in [1.807, 2.05) is 0 Å². The number of methoxy groups -OCH3 is 1. The Hall–Kier alpha value is -1.91. The first-order valence-electron chi connectivity index (χ1n) is 4.25. The molecule has 0 aliphatic carbocycles. The Kier molecular flexibility index (Phi) is 2.37. The van der Waals surface area contributed by atoms with E-state index >= 15 is 0 Å². The molecule has 2 rings (SSSR count). The number of aromatic nitrogens is 2. The number of rotatable bonds is 2. The van der Waals surface area contributed by atoms with Gasteiger partial charge in [0.05, 0.1) is 18.9 Å². The van der Waals surface area contributed by atoms with Crippen molar-refractivity contribution in [3.8, 4) is 17.3 Å². The van der Waals surface area contributed by atoms with E-state index in [4.69, 9.17) is 4.74 Å². The van der Waals surface area contributed by atoms with Crippen molar-refractivity contribution in [2.45, 2.75) is 0 Å². The Balaban J connectivity index is 2.53. The lowest BCUT2D eigenvalue weighted by molar-refractivity contribution is 0.400. The number of hydrogen-bond donors (Lipinski definition) is 1. The molecule has 1 N–H and O–H groups in total. The Morgan fingerprint density at radius 2 is 1.93 bits per heavy atom. The number of H-pyrrole nitrogens is 1. The van der Waals surface area contributed by atoms with Crippen LogP contribution in [0.1, 0.15) is 0 Å². The van der Waals surface area contributed by atoms with Crippen molar-refractivity contribution in [1.29, 1.82) is 0 Å². The minimum atomic E-state index is -0.660. The van der Waals surface area contributed by atoms with Crippen molar-refractivity contribution in [2.75, 3.05) is 7.11 Å². The summed E-state index contributed by atoms with van der Waals surface area (Å²) in [5.74, 6) is -0.853. The molecule has 15 heavy (non-hydrogen) atoms. The average molecular weight is 210 g/mol. The van der Waals surface area contributed by atoms with Gasteiger partial charge in [0.25, 0.3) is 0 Å². The molecule has 0 saturated heterocycles. The van der Waals surface area contributed by atoms with E-state index < -0.39 is 11.6 Å². The molecule has 0 saturated carbocycles. The summed E-state index contributed by atoms with van der Waals surface area (Å²) in [6, 6.07) is 3.65. The molecular weight excluding hydrogens is 202 g/mol. The minimum absolute atomic E-state index is 0.113. The number of ether oxygens (including phenoxy) is 1. The van der Waals surface area contributed by atoms with E-state index in [1.165, 1.54) is 31.5 Å². The van der Waals surface area contributed by atoms with Gasteiger partial charge >= 0.3 is 0 Å². The van der Waals surface area contributed by atoms with Gasteiger partial charge in [-0.25, -0.2) is 13.8 Å². The number of hydrogen-bond acceptors (Lipinski definition) is 2. The highest BCUT2D eigenvalue weighted by atomic mass is 19.1. The van der Waals surface area contributed by atoms with E-state index in [2.05, 4.69) is 9.97 Å². The summed E-state index contributed by atoms with van der Waals surface area (Å²) in [7, 11) is 1.44. The lowest BCUT2D eigenvalue weighted by Crippen LogP contribution is -1.91. The van der Waals surface area contributed by atoms with E-state index in [-0.39, 0.29) is 11.4 Å². The first kappa shape index (κ1) is 9.64. The lowest BCUT2D eigenvalue weighted by Gasteiger charge is -2.00. The van der Waals surface area contributed by atoms with Crippen LogP contribution in [0.3, 0.4) is 0 Å². The summed E-state index contributed by atoms with van der Waals surface area (Å²) >= 11 is 0. The molecule has 0 aliphatic heterocycles. The van der Waals surface area contributed by atoms with Crippen LogP contribution in [0.15, 0.2) is 24.4 Å². The maximum absolute atomic E-state index is 13.3. The van der Waals surface area contributed by atoms with Gasteiger partial charge in [-0.05, 0) is 12.1 Å². The Bertz CT molecular complexity index is 462. The summed E-state index contributed by atoms with van der Waals surface area (Å²) in [5, 5.41) is 0. The van der Waals surface area contributed by atoms with E-state index in [0.717, 1.165) is 0 Å². The summed E-state index contributed by atoms with van der Waals surface area (Å²) in [5.41, 5.74) is -0.180. The Morgan fingerprint density at radius 3 is 2.47 bits per heavy atom. The van der Waals surface area contributed by atoms with E-state index in [0.29, 0.717) is 5.88 Å². The van der Waals surface area contributed by atoms with Crippen molar-refractivity contribution < 1.29 is 13.5 Å². The van der Waals surface area contributed by atoms with Gasteiger partial charge in [-0.1, -0.05) is 6.07 Å². The van der Waals surface area contributed by atoms with Crippen molar-refractivity contribution in [1.82, 2.24) is 9.97 Å². The number of imidazole rings is 1. The number of aromatic amines is 1. The fourth-order valence-corrected chi connectivity index (χ4v) is 1.26. The van der Waals surface area contributed by atoms with E-state index in [9.17, 15) is 8.78 Å². The lowest BCUT2D eigenvalue weighted by atomic mass is 10.2. The van der Waals surface area contributed by atoms with Crippen molar-refractivity contribution in [3.05, 3.63) is 36.0 Å². The molecule has 0 radical (unpaired) electrons. The quantitative estimate of drug-likeness (QED) is 0.826. The van der Waals surface area contributed by atoms with Gasteiger partial charge in [0.15, 0.2) is 0 Å². The molecule has 0 fully saturated rings. The molecule has 0 amide bonds. The Morgan fingerprint density at radius 1 is 1.27 bits per heavy atom. The van der Waals surface area contributed by atoms with Crippen LogP contribution in [0, 0.1) is 11.6 Å². The monoisotopic (exact) mass is 210 g/mol. The van der Waals surface area contributed by atoms with Gasteiger partial charge in [-0.15, -0.1) is 0 Å². The molecule has 5 heteroatoms. The number of benzene rings is 1. The molecule has 0 unspecified atom stereocenters. The zero-order valence-corrected chi connectivity index (χ0v) is 7.92. The first-order chi connectivity index (χ1) is 7.22. The first-order valence-corrected chi connectivity index (χ1v) is 4.25. The third kappa shape index (κ3) is 1.68.